The van der Waals surface area contributed by atoms with E-state index < -0.39 is 0 Å². The van der Waals surface area contributed by atoms with E-state index in [4.69, 9.17) is 0 Å². The van der Waals surface area contributed by atoms with E-state index in [1.54, 1.807) is 18.5 Å². The standard InChI is InChI=1S/C18H21N5O/c1-4-23(5-2)13-6-7-15(12(3)10-13)20-18(24)17-14-11-19-9-8-16(14)21-22-17/h6-11H,4-5H2,1-3H3,(H,20,24)(H,21,22). The first-order chi connectivity index (χ1) is 11.6. The normalized spacial score (nSPS) is 10.8. The lowest BCUT2D eigenvalue weighted by Gasteiger charge is -2.22. The predicted octanol–water partition coefficient (Wildman–Crippen LogP) is 3.36. The topological polar surface area (TPSA) is 73.9 Å². The summed E-state index contributed by atoms with van der Waals surface area (Å²) in [7, 11) is 0. The van der Waals surface area contributed by atoms with Crippen LogP contribution >= 0.6 is 0 Å². The number of aromatic nitrogens is 3. The predicted molar refractivity (Wildman–Crippen MR) is 96.6 cm³/mol. The number of aryl methyl sites for hydroxylation is 1. The number of rotatable bonds is 5. The van der Waals surface area contributed by atoms with Gasteiger partial charge in [-0.05, 0) is 50.6 Å². The van der Waals surface area contributed by atoms with Gasteiger partial charge in [0.05, 0.1) is 10.9 Å². The molecule has 6 nitrogen and oxygen atoms in total. The Morgan fingerprint density at radius 2 is 2.04 bits per heavy atom. The van der Waals surface area contributed by atoms with Gasteiger partial charge in [0.1, 0.15) is 0 Å². The number of H-pyrrole nitrogens is 1. The molecule has 0 saturated carbocycles. The number of carbonyl (C=O) groups excluding carboxylic acids is 1. The van der Waals surface area contributed by atoms with Gasteiger partial charge in [-0.3, -0.25) is 14.9 Å². The van der Waals surface area contributed by atoms with E-state index in [0.717, 1.165) is 35.5 Å². The lowest BCUT2D eigenvalue weighted by atomic mass is 10.1. The third-order valence-electron chi connectivity index (χ3n) is 4.17. The van der Waals surface area contributed by atoms with Crippen molar-refractivity contribution in [2.45, 2.75) is 20.8 Å². The first-order valence-corrected chi connectivity index (χ1v) is 8.09. The van der Waals surface area contributed by atoms with Crippen LogP contribution in [0.4, 0.5) is 11.4 Å². The van der Waals surface area contributed by atoms with Crippen LogP contribution in [0.1, 0.15) is 29.9 Å². The quantitative estimate of drug-likeness (QED) is 0.755. The Morgan fingerprint density at radius 3 is 2.75 bits per heavy atom. The molecule has 124 valence electrons. The molecule has 0 saturated heterocycles. The zero-order valence-electron chi connectivity index (χ0n) is 14.1. The van der Waals surface area contributed by atoms with Crippen LogP contribution in [0.3, 0.4) is 0 Å². The summed E-state index contributed by atoms with van der Waals surface area (Å²) in [4.78, 5) is 18.9. The van der Waals surface area contributed by atoms with Crippen molar-refractivity contribution < 1.29 is 4.79 Å². The smallest absolute Gasteiger partial charge is 0.276 e. The Labute approximate surface area is 140 Å². The van der Waals surface area contributed by atoms with Crippen molar-refractivity contribution in [1.82, 2.24) is 15.2 Å². The lowest BCUT2D eigenvalue weighted by molar-refractivity contribution is 0.102. The number of carbonyl (C=O) groups is 1. The summed E-state index contributed by atoms with van der Waals surface area (Å²) in [5, 5.41) is 10.6. The zero-order valence-corrected chi connectivity index (χ0v) is 14.1. The molecule has 6 heteroatoms. The molecule has 3 rings (SSSR count). The van der Waals surface area contributed by atoms with Gasteiger partial charge in [-0.2, -0.15) is 5.10 Å². The van der Waals surface area contributed by atoms with Crippen molar-refractivity contribution in [2.24, 2.45) is 0 Å². The molecule has 0 atom stereocenters. The van der Waals surface area contributed by atoms with Crippen molar-refractivity contribution in [3.63, 3.8) is 0 Å². The van der Waals surface area contributed by atoms with Gasteiger partial charge in [-0.15, -0.1) is 0 Å². The fourth-order valence-electron chi connectivity index (χ4n) is 2.79. The van der Waals surface area contributed by atoms with Gasteiger partial charge in [0.25, 0.3) is 5.91 Å². The molecule has 2 heterocycles. The molecule has 0 aliphatic carbocycles. The largest absolute Gasteiger partial charge is 0.372 e. The molecule has 0 fully saturated rings. The van der Waals surface area contributed by atoms with Gasteiger partial charge < -0.3 is 10.2 Å². The van der Waals surface area contributed by atoms with Crippen LogP contribution < -0.4 is 10.2 Å². The van der Waals surface area contributed by atoms with Crippen molar-refractivity contribution >= 4 is 28.2 Å². The molecule has 24 heavy (non-hydrogen) atoms. The van der Waals surface area contributed by atoms with Crippen LogP contribution in [0.15, 0.2) is 36.7 Å². The third kappa shape index (κ3) is 2.95. The highest BCUT2D eigenvalue weighted by molar-refractivity contribution is 6.11. The molecular formula is C18H21N5O. The minimum Gasteiger partial charge on any atom is -0.372 e. The van der Waals surface area contributed by atoms with E-state index in [-0.39, 0.29) is 5.91 Å². The highest BCUT2D eigenvalue weighted by Crippen LogP contribution is 2.24. The lowest BCUT2D eigenvalue weighted by Crippen LogP contribution is -2.22. The molecule has 0 unspecified atom stereocenters. The fraction of sp³-hybridized carbons (Fsp3) is 0.278. The maximum absolute atomic E-state index is 12.5. The minimum absolute atomic E-state index is 0.243. The number of pyridine rings is 1. The second-order valence-corrected chi connectivity index (χ2v) is 5.62. The van der Waals surface area contributed by atoms with Crippen molar-refractivity contribution in [1.29, 1.82) is 0 Å². The van der Waals surface area contributed by atoms with Crippen LogP contribution in [0, 0.1) is 6.92 Å². The first-order valence-electron chi connectivity index (χ1n) is 8.09. The van der Waals surface area contributed by atoms with E-state index in [0.29, 0.717) is 11.1 Å². The molecule has 0 radical (unpaired) electrons. The van der Waals surface area contributed by atoms with E-state index in [2.05, 4.69) is 45.3 Å². The summed E-state index contributed by atoms with van der Waals surface area (Å²) >= 11 is 0. The van der Waals surface area contributed by atoms with Crippen molar-refractivity contribution in [2.75, 3.05) is 23.3 Å². The van der Waals surface area contributed by atoms with Crippen LogP contribution in [0.5, 0.6) is 0 Å². The van der Waals surface area contributed by atoms with Crippen molar-refractivity contribution in [3.8, 4) is 0 Å². The summed E-state index contributed by atoms with van der Waals surface area (Å²) in [6, 6.07) is 7.85. The molecule has 0 spiro atoms. The van der Waals surface area contributed by atoms with Gasteiger partial charge in [-0.25, -0.2) is 0 Å². The number of hydrogen-bond donors (Lipinski definition) is 2. The van der Waals surface area contributed by atoms with E-state index in [1.807, 2.05) is 19.1 Å². The van der Waals surface area contributed by atoms with E-state index >= 15 is 0 Å². The molecule has 0 aliphatic heterocycles. The molecule has 0 aliphatic rings. The van der Waals surface area contributed by atoms with Crippen molar-refractivity contribution in [3.05, 3.63) is 47.9 Å². The fourth-order valence-corrected chi connectivity index (χ4v) is 2.79. The molecule has 1 aromatic carbocycles. The van der Waals surface area contributed by atoms with Crippen LogP contribution in [-0.2, 0) is 0 Å². The third-order valence-corrected chi connectivity index (χ3v) is 4.17. The first kappa shape index (κ1) is 16.0. The van der Waals surface area contributed by atoms with Gasteiger partial charge in [-0.1, -0.05) is 0 Å². The molecule has 2 N–H and O–H groups in total. The summed E-state index contributed by atoms with van der Waals surface area (Å²) in [6.45, 7) is 8.16. The maximum atomic E-state index is 12.5. The highest BCUT2D eigenvalue weighted by atomic mass is 16.1. The highest BCUT2D eigenvalue weighted by Gasteiger charge is 2.15. The van der Waals surface area contributed by atoms with Gasteiger partial charge >= 0.3 is 0 Å². The number of aromatic amines is 1. The summed E-state index contributed by atoms with van der Waals surface area (Å²) in [5.41, 5.74) is 4.11. The zero-order chi connectivity index (χ0) is 17.1. The van der Waals surface area contributed by atoms with E-state index in [1.165, 1.54) is 0 Å². The van der Waals surface area contributed by atoms with Gasteiger partial charge in [0.15, 0.2) is 5.69 Å². The summed E-state index contributed by atoms with van der Waals surface area (Å²) in [6.07, 6.45) is 3.31. The number of nitrogens with one attached hydrogen (secondary N) is 2. The van der Waals surface area contributed by atoms with Gasteiger partial charge in [0, 0.05) is 36.9 Å². The monoisotopic (exact) mass is 323 g/mol. The second kappa shape index (κ2) is 6.70. The Hall–Kier alpha value is -2.89. The van der Waals surface area contributed by atoms with Crippen LogP contribution in [0.2, 0.25) is 0 Å². The number of anilines is 2. The summed E-state index contributed by atoms with van der Waals surface area (Å²) in [5.74, 6) is -0.243. The Balaban J connectivity index is 1.84. The molecule has 1 amide bonds. The molecule has 3 aromatic rings. The van der Waals surface area contributed by atoms with Gasteiger partial charge in [0.2, 0.25) is 0 Å². The van der Waals surface area contributed by atoms with Crippen LogP contribution in [0.25, 0.3) is 10.9 Å². The summed E-state index contributed by atoms with van der Waals surface area (Å²) < 4.78 is 0. The SMILES string of the molecule is CCN(CC)c1ccc(NC(=O)c2n[nH]c3ccncc23)c(C)c1. The molecular weight excluding hydrogens is 302 g/mol. The van der Waals surface area contributed by atoms with Crippen LogP contribution in [-0.4, -0.2) is 34.2 Å². The number of fused-ring (bicyclic) bond motifs is 1. The number of nitrogens with zero attached hydrogens (tertiary/aromatic N) is 3. The average Bonchev–Trinajstić information content (AvgIpc) is 3.02. The molecule has 0 bridgehead atoms. The second-order valence-electron chi connectivity index (χ2n) is 5.62. The Bertz CT molecular complexity index is 867. The molecule has 2 aromatic heterocycles. The maximum Gasteiger partial charge on any atom is 0.276 e. The minimum atomic E-state index is -0.243. The number of benzene rings is 1. The Morgan fingerprint density at radius 1 is 1.25 bits per heavy atom. The number of amides is 1. The van der Waals surface area contributed by atoms with E-state index in [9.17, 15) is 4.79 Å². The average molecular weight is 323 g/mol. The number of hydrogen-bond acceptors (Lipinski definition) is 4. The Kier molecular flexibility index (Phi) is 4.46.